The number of fused-ring (bicyclic) bond motifs is 1. The molecule has 4 nitrogen and oxygen atoms in total. The first-order valence-corrected chi connectivity index (χ1v) is 7.34. The lowest BCUT2D eigenvalue weighted by Gasteiger charge is -2.13. The number of amides is 1. The number of hydrogen-bond donors (Lipinski definition) is 2. The van der Waals surface area contributed by atoms with Crippen LogP contribution < -0.4 is 11.1 Å². The predicted molar refractivity (Wildman–Crippen MR) is 80.2 cm³/mol. The number of nitrogens with two attached hydrogens (primary N) is 1. The van der Waals surface area contributed by atoms with Crippen LogP contribution >= 0.6 is 0 Å². The third-order valence-corrected chi connectivity index (χ3v) is 4.16. The Labute approximate surface area is 118 Å². The van der Waals surface area contributed by atoms with Crippen LogP contribution in [0.3, 0.4) is 0 Å². The minimum atomic E-state index is 0.104. The van der Waals surface area contributed by atoms with E-state index in [9.17, 15) is 4.79 Å². The van der Waals surface area contributed by atoms with Gasteiger partial charge in [0.2, 0.25) is 5.91 Å². The molecule has 1 aliphatic rings. The third-order valence-electron chi connectivity index (χ3n) is 4.16. The lowest BCUT2D eigenvalue weighted by molar-refractivity contribution is -0.122. The topological polar surface area (TPSA) is 60.0 Å². The maximum Gasteiger partial charge on any atom is 0.240 e. The van der Waals surface area contributed by atoms with Crippen LogP contribution in [0.5, 0.6) is 0 Å². The molecule has 1 aliphatic carbocycles. The molecule has 1 aromatic heterocycles. The van der Waals surface area contributed by atoms with E-state index in [0.29, 0.717) is 19.1 Å². The van der Waals surface area contributed by atoms with Gasteiger partial charge in [0.25, 0.3) is 0 Å². The van der Waals surface area contributed by atoms with Crippen molar-refractivity contribution in [2.45, 2.75) is 44.8 Å². The summed E-state index contributed by atoms with van der Waals surface area (Å²) < 4.78 is 2.00. The van der Waals surface area contributed by atoms with Crippen LogP contribution in [0.15, 0.2) is 30.5 Å². The zero-order chi connectivity index (χ0) is 13.9. The molecule has 0 unspecified atom stereocenters. The second-order valence-electron chi connectivity index (χ2n) is 5.55. The Kier molecular flexibility index (Phi) is 3.74. The van der Waals surface area contributed by atoms with E-state index in [-0.39, 0.29) is 5.91 Å². The summed E-state index contributed by atoms with van der Waals surface area (Å²) in [4.78, 5) is 12.1. The van der Waals surface area contributed by atoms with Crippen LogP contribution in [-0.4, -0.2) is 16.5 Å². The van der Waals surface area contributed by atoms with E-state index in [0.717, 1.165) is 29.3 Å². The van der Waals surface area contributed by atoms with E-state index in [4.69, 9.17) is 5.73 Å². The normalized spacial score (nSPS) is 15.8. The Bertz CT molecular complexity index is 611. The van der Waals surface area contributed by atoms with Crippen molar-refractivity contribution in [3.63, 3.8) is 0 Å². The molecule has 0 radical (unpaired) electrons. The van der Waals surface area contributed by atoms with Gasteiger partial charge in [-0.15, -0.1) is 0 Å². The zero-order valence-electron chi connectivity index (χ0n) is 11.6. The molecule has 1 aromatic carbocycles. The number of carbonyl (C=O) groups is 1. The van der Waals surface area contributed by atoms with Gasteiger partial charge in [-0.2, -0.15) is 0 Å². The number of carbonyl (C=O) groups excluding carboxylic acids is 1. The summed E-state index contributed by atoms with van der Waals surface area (Å²) in [5.41, 5.74) is 7.95. The highest BCUT2D eigenvalue weighted by molar-refractivity contribution is 5.86. The second-order valence-corrected chi connectivity index (χ2v) is 5.55. The molecule has 3 N–H and O–H groups in total. The second kappa shape index (κ2) is 5.67. The van der Waals surface area contributed by atoms with Gasteiger partial charge in [0.1, 0.15) is 6.54 Å². The van der Waals surface area contributed by atoms with Crippen molar-refractivity contribution in [3.8, 4) is 0 Å². The quantitative estimate of drug-likeness (QED) is 0.895. The van der Waals surface area contributed by atoms with Crippen LogP contribution in [-0.2, 0) is 17.9 Å². The van der Waals surface area contributed by atoms with Crippen LogP contribution in [0.4, 0.5) is 0 Å². The number of aromatic nitrogens is 1. The maximum absolute atomic E-state index is 12.1. The average molecular weight is 271 g/mol. The van der Waals surface area contributed by atoms with Crippen LogP contribution in [0.25, 0.3) is 10.9 Å². The Balaban J connectivity index is 1.75. The minimum absolute atomic E-state index is 0.104. The molecular weight excluding hydrogens is 250 g/mol. The molecule has 3 rings (SSSR count). The first kappa shape index (κ1) is 13.2. The average Bonchev–Trinajstić information content (AvgIpc) is 3.09. The standard InChI is InChI=1S/C16H21N3O/c17-10-12-4-3-7-15-14(12)8-9-19(15)11-16(20)18-13-5-1-2-6-13/h3-4,7-9,13H,1-2,5-6,10-11,17H2,(H,18,20). The van der Waals surface area contributed by atoms with Gasteiger partial charge >= 0.3 is 0 Å². The minimum Gasteiger partial charge on any atom is -0.352 e. The lowest BCUT2D eigenvalue weighted by atomic mass is 10.1. The molecule has 106 valence electrons. The van der Waals surface area contributed by atoms with Crippen molar-refractivity contribution >= 4 is 16.8 Å². The highest BCUT2D eigenvalue weighted by atomic mass is 16.2. The van der Waals surface area contributed by atoms with E-state index in [1.807, 2.05) is 35.0 Å². The molecule has 1 saturated carbocycles. The van der Waals surface area contributed by atoms with Gasteiger partial charge in [-0.1, -0.05) is 25.0 Å². The first-order chi connectivity index (χ1) is 9.78. The summed E-state index contributed by atoms with van der Waals surface area (Å²) in [7, 11) is 0. The van der Waals surface area contributed by atoms with E-state index in [2.05, 4.69) is 5.32 Å². The molecular formula is C16H21N3O. The van der Waals surface area contributed by atoms with Gasteiger partial charge in [-0.3, -0.25) is 4.79 Å². The van der Waals surface area contributed by atoms with Crippen LogP contribution in [0.2, 0.25) is 0 Å². The molecule has 0 aliphatic heterocycles. The molecule has 0 saturated heterocycles. The number of nitrogens with one attached hydrogen (secondary N) is 1. The van der Waals surface area contributed by atoms with E-state index >= 15 is 0 Å². The van der Waals surface area contributed by atoms with E-state index in [1.54, 1.807) is 0 Å². The summed E-state index contributed by atoms with van der Waals surface area (Å²) in [6, 6.07) is 8.49. The van der Waals surface area contributed by atoms with Crippen molar-refractivity contribution < 1.29 is 4.79 Å². The fraction of sp³-hybridized carbons (Fsp3) is 0.438. The number of benzene rings is 1. The fourth-order valence-electron chi connectivity index (χ4n) is 3.10. The Morgan fingerprint density at radius 3 is 2.85 bits per heavy atom. The van der Waals surface area contributed by atoms with Crippen molar-refractivity contribution in [1.82, 2.24) is 9.88 Å². The van der Waals surface area contributed by atoms with E-state index in [1.165, 1.54) is 12.8 Å². The van der Waals surface area contributed by atoms with E-state index < -0.39 is 0 Å². The lowest BCUT2D eigenvalue weighted by Crippen LogP contribution is -2.35. The van der Waals surface area contributed by atoms with Crippen molar-refractivity contribution in [2.75, 3.05) is 0 Å². The van der Waals surface area contributed by atoms with Crippen molar-refractivity contribution in [1.29, 1.82) is 0 Å². The molecule has 0 atom stereocenters. The van der Waals surface area contributed by atoms with Gasteiger partial charge in [-0.25, -0.2) is 0 Å². The SMILES string of the molecule is NCc1cccc2c1ccn2CC(=O)NC1CCCC1. The van der Waals surface area contributed by atoms with Crippen LogP contribution in [0, 0.1) is 0 Å². The maximum atomic E-state index is 12.1. The Hall–Kier alpha value is -1.81. The Morgan fingerprint density at radius 1 is 1.30 bits per heavy atom. The molecule has 0 spiro atoms. The summed E-state index contributed by atoms with van der Waals surface area (Å²) in [6.45, 7) is 0.906. The largest absolute Gasteiger partial charge is 0.352 e. The number of nitrogens with zero attached hydrogens (tertiary/aromatic N) is 1. The third kappa shape index (κ3) is 2.56. The van der Waals surface area contributed by atoms with Crippen molar-refractivity contribution in [2.24, 2.45) is 5.73 Å². The molecule has 20 heavy (non-hydrogen) atoms. The summed E-state index contributed by atoms with van der Waals surface area (Å²) in [6.07, 6.45) is 6.68. The number of hydrogen-bond acceptors (Lipinski definition) is 2. The number of rotatable bonds is 4. The summed E-state index contributed by atoms with van der Waals surface area (Å²) >= 11 is 0. The summed E-state index contributed by atoms with van der Waals surface area (Å²) in [5.74, 6) is 0.104. The van der Waals surface area contributed by atoms with Gasteiger partial charge in [-0.05, 0) is 30.5 Å². The summed E-state index contributed by atoms with van der Waals surface area (Å²) in [5, 5.41) is 4.27. The molecule has 0 bridgehead atoms. The highest BCUT2D eigenvalue weighted by Crippen LogP contribution is 2.20. The molecule has 1 fully saturated rings. The van der Waals surface area contributed by atoms with Crippen molar-refractivity contribution in [3.05, 3.63) is 36.0 Å². The first-order valence-electron chi connectivity index (χ1n) is 7.34. The monoisotopic (exact) mass is 271 g/mol. The van der Waals surface area contributed by atoms with Crippen LogP contribution in [0.1, 0.15) is 31.2 Å². The van der Waals surface area contributed by atoms with Gasteiger partial charge in [0.05, 0.1) is 0 Å². The highest BCUT2D eigenvalue weighted by Gasteiger charge is 2.17. The zero-order valence-corrected chi connectivity index (χ0v) is 11.6. The predicted octanol–water partition coefficient (Wildman–Crippen LogP) is 2.16. The fourth-order valence-corrected chi connectivity index (χ4v) is 3.10. The smallest absolute Gasteiger partial charge is 0.240 e. The molecule has 2 aromatic rings. The molecule has 4 heteroatoms. The van der Waals surface area contributed by atoms with Gasteiger partial charge in [0, 0.05) is 29.7 Å². The van der Waals surface area contributed by atoms with Gasteiger partial charge in [0.15, 0.2) is 0 Å². The molecule has 1 heterocycles. The molecule has 1 amide bonds. The Morgan fingerprint density at radius 2 is 2.10 bits per heavy atom. The van der Waals surface area contributed by atoms with Gasteiger partial charge < -0.3 is 15.6 Å².